The summed E-state index contributed by atoms with van der Waals surface area (Å²) in [5.41, 5.74) is -0.0179. The summed E-state index contributed by atoms with van der Waals surface area (Å²) in [5, 5.41) is 0. The summed E-state index contributed by atoms with van der Waals surface area (Å²) in [7, 11) is 1.57. The predicted molar refractivity (Wildman–Crippen MR) is 83.1 cm³/mol. The molecule has 2 amide bonds. The van der Waals surface area contributed by atoms with Crippen molar-refractivity contribution in [3.05, 3.63) is 36.5 Å². The lowest BCUT2D eigenvalue weighted by molar-refractivity contribution is -0.154. The van der Waals surface area contributed by atoms with Crippen LogP contribution in [0.4, 0.5) is 13.2 Å². The third-order valence-electron chi connectivity index (χ3n) is 3.84. The maximum atomic E-state index is 12.5. The second-order valence-corrected chi connectivity index (χ2v) is 5.61. The molecule has 0 N–H and O–H groups in total. The summed E-state index contributed by atoms with van der Waals surface area (Å²) < 4.78 is 41.1. The highest BCUT2D eigenvalue weighted by Gasteiger charge is 2.31. The van der Waals surface area contributed by atoms with Gasteiger partial charge >= 0.3 is 6.18 Å². The van der Waals surface area contributed by atoms with Gasteiger partial charge in [-0.25, -0.2) is 4.98 Å². The summed E-state index contributed by atoms with van der Waals surface area (Å²) in [6.45, 7) is 2.83. The van der Waals surface area contributed by atoms with Crippen molar-refractivity contribution in [2.24, 2.45) is 0 Å². The Morgan fingerprint density at radius 3 is 2.84 bits per heavy atom. The Bertz CT molecular complexity index is 664. The first kappa shape index (κ1) is 18.8. The van der Waals surface area contributed by atoms with E-state index in [4.69, 9.17) is 0 Å². The van der Waals surface area contributed by atoms with Crippen molar-refractivity contribution >= 4 is 11.8 Å². The number of likely N-dealkylation sites (tertiary alicyclic amines) is 1. The number of likely N-dealkylation sites (N-methyl/N-ethyl adjacent to an activating group) is 1. The zero-order valence-corrected chi connectivity index (χ0v) is 13.6. The zero-order chi connectivity index (χ0) is 18.6. The number of carbonyl (C=O) groups is 2. The first-order valence-electron chi connectivity index (χ1n) is 7.56. The van der Waals surface area contributed by atoms with E-state index in [1.807, 2.05) is 0 Å². The number of aromatic nitrogens is 1. The maximum absolute atomic E-state index is 12.5. The first-order chi connectivity index (χ1) is 11.7. The van der Waals surface area contributed by atoms with Crippen molar-refractivity contribution in [2.75, 3.05) is 26.7 Å². The smallest absolute Gasteiger partial charge is 0.422 e. The van der Waals surface area contributed by atoms with Crippen LogP contribution in [0.5, 0.6) is 5.88 Å². The molecule has 1 atom stereocenters. The third-order valence-corrected chi connectivity index (χ3v) is 3.84. The van der Waals surface area contributed by atoms with Crippen LogP contribution in [0.15, 0.2) is 30.9 Å². The molecule has 0 saturated carbocycles. The molecule has 1 aliphatic heterocycles. The standard InChI is InChI=1S/C16H18F3N3O3/c1-3-14(23)22-8-7-11(9-22)21(2)15(24)12-5-4-6-13(20-12)25-10-16(17,18)19/h3-6,11H,1,7-10H2,2H3/t11-/m0/s1. The van der Waals surface area contributed by atoms with Gasteiger partial charge in [-0.15, -0.1) is 0 Å². The molecule has 0 aliphatic carbocycles. The normalized spacial score (nSPS) is 17.3. The van der Waals surface area contributed by atoms with Gasteiger partial charge in [0.25, 0.3) is 5.91 Å². The van der Waals surface area contributed by atoms with Gasteiger partial charge in [-0.3, -0.25) is 9.59 Å². The number of carbonyl (C=O) groups excluding carboxylic acids is 2. The molecule has 25 heavy (non-hydrogen) atoms. The van der Waals surface area contributed by atoms with E-state index in [1.165, 1.54) is 29.2 Å². The Labute approximate surface area is 142 Å². The Kier molecular flexibility index (Phi) is 5.66. The molecule has 136 valence electrons. The molecule has 0 bridgehead atoms. The second-order valence-electron chi connectivity index (χ2n) is 5.61. The summed E-state index contributed by atoms with van der Waals surface area (Å²) >= 11 is 0. The molecule has 1 aliphatic rings. The Hall–Kier alpha value is -2.58. The molecule has 1 fully saturated rings. The fraction of sp³-hybridized carbons (Fsp3) is 0.438. The van der Waals surface area contributed by atoms with Crippen LogP contribution in [0.3, 0.4) is 0 Å². The number of halogens is 3. The van der Waals surface area contributed by atoms with Crippen LogP contribution in [0, 0.1) is 0 Å². The van der Waals surface area contributed by atoms with E-state index in [0.29, 0.717) is 19.5 Å². The molecule has 2 heterocycles. The fourth-order valence-electron chi connectivity index (χ4n) is 2.50. The Morgan fingerprint density at radius 1 is 1.48 bits per heavy atom. The molecular formula is C16H18F3N3O3. The van der Waals surface area contributed by atoms with E-state index in [9.17, 15) is 22.8 Å². The lowest BCUT2D eigenvalue weighted by Crippen LogP contribution is -2.40. The number of amides is 2. The van der Waals surface area contributed by atoms with Crippen molar-refractivity contribution in [3.63, 3.8) is 0 Å². The van der Waals surface area contributed by atoms with Crippen LogP contribution in [0.1, 0.15) is 16.9 Å². The molecule has 2 rings (SSSR count). The molecular weight excluding hydrogens is 339 g/mol. The largest absolute Gasteiger partial charge is 0.468 e. The lowest BCUT2D eigenvalue weighted by atomic mass is 10.2. The lowest BCUT2D eigenvalue weighted by Gasteiger charge is -2.24. The number of nitrogens with zero attached hydrogens (tertiary/aromatic N) is 3. The van der Waals surface area contributed by atoms with Crippen molar-refractivity contribution < 1.29 is 27.5 Å². The highest BCUT2D eigenvalue weighted by atomic mass is 19.4. The number of hydrogen-bond acceptors (Lipinski definition) is 4. The van der Waals surface area contributed by atoms with Crippen LogP contribution in [-0.2, 0) is 4.79 Å². The topological polar surface area (TPSA) is 62.7 Å². The maximum Gasteiger partial charge on any atom is 0.422 e. The van der Waals surface area contributed by atoms with Crippen molar-refractivity contribution in [2.45, 2.75) is 18.6 Å². The monoisotopic (exact) mass is 357 g/mol. The third kappa shape index (κ3) is 4.94. The highest BCUT2D eigenvalue weighted by Crippen LogP contribution is 2.19. The molecule has 0 aromatic carbocycles. The molecule has 6 nitrogen and oxygen atoms in total. The van der Waals surface area contributed by atoms with Gasteiger partial charge in [0.15, 0.2) is 6.61 Å². The molecule has 1 saturated heterocycles. The minimum atomic E-state index is -4.48. The summed E-state index contributed by atoms with van der Waals surface area (Å²) in [5.74, 6) is -0.925. The van der Waals surface area contributed by atoms with E-state index >= 15 is 0 Å². The second kappa shape index (κ2) is 7.54. The summed E-state index contributed by atoms with van der Waals surface area (Å²) in [4.78, 5) is 30.9. The minimum Gasteiger partial charge on any atom is -0.468 e. The highest BCUT2D eigenvalue weighted by molar-refractivity contribution is 5.92. The molecule has 1 aromatic heterocycles. The molecule has 9 heteroatoms. The van der Waals surface area contributed by atoms with E-state index in [1.54, 1.807) is 11.9 Å². The first-order valence-corrected chi connectivity index (χ1v) is 7.56. The van der Waals surface area contributed by atoms with Crippen molar-refractivity contribution in [1.29, 1.82) is 0 Å². The number of pyridine rings is 1. The predicted octanol–water partition coefficient (Wildman–Crippen LogP) is 1.88. The molecule has 0 unspecified atom stereocenters. The van der Waals surface area contributed by atoms with Crippen LogP contribution in [0.25, 0.3) is 0 Å². The van der Waals surface area contributed by atoms with E-state index < -0.39 is 18.7 Å². The fourth-order valence-corrected chi connectivity index (χ4v) is 2.50. The van der Waals surface area contributed by atoms with Gasteiger partial charge in [0.05, 0.1) is 6.04 Å². The number of alkyl halides is 3. The average Bonchev–Trinajstić information content (AvgIpc) is 3.07. The Morgan fingerprint density at radius 2 is 2.20 bits per heavy atom. The molecule has 1 aromatic rings. The van der Waals surface area contributed by atoms with Gasteiger partial charge in [-0.1, -0.05) is 12.6 Å². The number of hydrogen-bond donors (Lipinski definition) is 0. The SMILES string of the molecule is C=CC(=O)N1CC[C@H](N(C)C(=O)c2cccc(OCC(F)(F)F)n2)C1. The zero-order valence-electron chi connectivity index (χ0n) is 13.6. The van der Waals surface area contributed by atoms with Gasteiger partial charge in [0, 0.05) is 26.2 Å². The average molecular weight is 357 g/mol. The van der Waals surface area contributed by atoms with Gasteiger partial charge in [-0.2, -0.15) is 13.2 Å². The van der Waals surface area contributed by atoms with E-state index in [2.05, 4.69) is 16.3 Å². The number of ether oxygens (including phenoxy) is 1. The van der Waals surface area contributed by atoms with Crippen LogP contribution in [0.2, 0.25) is 0 Å². The van der Waals surface area contributed by atoms with E-state index in [0.717, 1.165) is 0 Å². The van der Waals surface area contributed by atoms with Crippen LogP contribution in [-0.4, -0.2) is 65.6 Å². The molecule has 0 spiro atoms. The quantitative estimate of drug-likeness (QED) is 0.755. The van der Waals surface area contributed by atoms with Gasteiger partial charge in [0.1, 0.15) is 5.69 Å². The van der Waals surface area contributed by atoms with Crippen molar-refractivity contribution in [3.8, 4) is 5.88 Å². The van der Waals surface area contributed by atoms with Crippen LogP contribution < -0.4 is 4.74 Å². The van der Waals surface area contributed by atoms with Gasteiger partial charge in [-0.05, 0) is 18.6 Å². The van der Waals surface area contributed by atoms with Crippen molar-refractivity contribution in [1.82, 2.24) is 14.8 Å². The summed E-state index contributed by atoms with van der Waals surface area (Å²) in [6.07, 6.45) is -2.66. The summed E-state index contributed by atoms with van der Waals surface area (Å²) in [6, 6.07) is 3.86. The van der Waals surface area contributed by atoms with Gasteiger partial charge < -0.3 is 14.5 Å². The Balaban J connectivity index is 2.02. The van der Waals surface area contributed by atoms with E-state index in [-0.39, 0.29) is 23.5 Å². The molecule has 0 radical (unpaired) electrons. The minimum absolute atomic E-state index is 0.0179. The van der Waals surface area contributed by atoms with Gasteiger partial charge in [0.2, 0.25) is 11.8 Å². The number of rotatable bonds is 5. The van der Waals surface area contributed by atoms with Crippen LogP contribution >= 0.6 is 0 Å².